The molecule has 1 aliphatic heterocycles. The monoisotopic (exact) mass is 166 g/mol. The van der Waals surface area contributed by atoms with E-state index in [-0.39, 0.29) is 0 Å². The van der Waals surface area contributed by atoms with Crippen molar-refractivity contribution >= 4 is 5.95 Å². The second-order valence-electron chi connectivity index (χ2n) is 2.54. The van der Waals surface area contributed by atoms with Crippen LogP contribution in [-0.2, 0) is 4.74 Å². The van der Waals surface area contributed by atoms with Crippen LogP contribution < -0.4 is 4.90 Å². The van der Waals surface area contributed by atoms with Crippen LogP contribution in [0.4, 0.5) is 5.95 Å². The zero-order valence-electron chi connectivity index (χ0n) is 6.68. The normalized spacial score (nSPS) is 17.8. The van der Waals surface area contributed by atoms with E-state index in [1.54, 1.807) is 12.4 Å². The maximum atomic E-state index is 5.20. The predicted molar refractivity (Wildman–Crippen MR) is 42.9 cm³/mol. The zero-order chi connectivity index (χ0) is 8.23. The molecule has 12 heavy (non-hydrogen) atoms. The van der Waals surface area contributed by atoms with E-state index in [1.165, 1.54) is 0 Å². The molecule has 1 aromatic rings. The van der Waals surface area contributed by atoms with Crippen LogP contribution in [0.15, 0.2) is 12.4 Å². The lowest BCUT2D eigenvalue weighted by Crippen LogP contribution is -2.37. The molecule has 1 saturated heterocycles. The van der Waals surface area contributed by atoms with Crippen molar-refractivity contribution in [1.29, 1.82) is 0 Å². The van der Waals surface area contributed by atoms with E-state index in [9.17, 15) is 0 Å². The van der Waals surface area contributed by atoms with Crippen molar-refractivity contribution in [1.82, 2.24) is 15.2 Å². The Balaban J connectivity index is 2.08. The van der Waals surface area contributed by atoms with Crippen LogP contribution in [0, 0.1) is 0 Å². The number of hydrogen-bond donors (Lipinski definition) is 0. The van der Waals surface area contributed by atoms with Crippen LogP contribution in [0.25, 0.3) is 0 Å². The topological polar surface area (TPSA) is 51.1 Å². The van der Waals surface area contributed by atoms with Gasteiger partial charge in [-0.15, -0.1) is 5.10 Å². The Morgan fingerprint density at radius 1 is 1.25 bits per heavy atom. The number of anilines is 1. The first-order valence-corrected chi connectivity index (χ1v) is 3.93. The van der Waals surface area contributed by atoms with E-state index in [0.29, 0.717) is 5.95 Å². The summed E-state index contributed by atoms with van der Waals surface area (Å²) in [4.78, 5) is 6.17. The van der Waals surface area contributed by atoms with Crippen molar-refractivity contribution in [2.45, 2.75) is 0 Å². The van der Waals surface area contributed by atoms with E-state index in [2.05, 4.69) is 20.1 Å². The third-order valence-electron chi connectivity index (χ3n) is 1.76. The van der Waals surface area contributed by atoms with Gasteiger partial charge in [0, 0.05) is 13.1 Å². The second-order valence-corrected chi connectivity index (χ2v) is 2.54. The number of aromatic nitrogens is 3. The van der Waals surface area contributed by atoms with Gasteiger partial charge in [0.05, 0.1) is 25.6 Å². The van der Waals surface area contributed by atoms with Gasteiger partial charge >= 0.3 is 0 Å². The van der Waals surface area contributed by atoms with Gasteiger partial charge in [-0.3, -0.25) is 0 Å². The lowest BCUT2D eigenvalue weighted by Gasteiger charge is -2.25. The van der Waals surface area contributed by atoms with Gasteiger partial charge < -0.3 is 9.64 Å². The summed E-state index contributed by atoms with van der Waals surface area (Å²) in [5, 5.41) is 7.68. The first-order valence-electron chi connectivity index (χ1n) is 3.93. The molecule has 64 valence electrons. The Labute approximate surface area is 70.4 Å². The molecule has 0 spiro atoms. The first kappa shape index (κ1) is 7.42. The summed E-state index contributed by atoms with van der Waals surface area (Å²) in [6.07, 6.45) is 3.22. The predicted octanol–water partition coefficient (Wildman–Crippen LogP) is -0.292. The Morgan fingerprint density at radius 3 is 2.75 bits per heavy atom. The molecule has 0 bridgehead atoms. The molecule has 0 saturated carbocycles. The van der Waals surface area contributed by atoms with Gasteiger partial charge in [0.1, 0.15) is 0 Å². The molecule has 5 heteroatoms. The van der Waals surface area contributed by atoms with E-state index in [4.69, 9.17) is 4.74 Å². The maximum absolute atomic E-state index is 5.20. The maximum Gasteiger partial charge on any atom is 0.245 e. The average molecular weight is 166 g/mol. The minimum absolute atomic E-state index is 0.695. The highest BCUT2D eigenvalue weighted by Gasteiger charge is 2.12. The Bertz CT molecular complexity index is 234. The lowest BCUT2D eigenvalue weighted by molar-refractivity contribution is 0.122. The number of morpholine rings is 1. The van der Waals surface area contributed by atoms with Crippen LogP contribution in [0.5, 0.6) is 0 Å². The van der Waals surface area contributed by atoms with E-state index in [0.717, 1.165) is 26.3 Å². The molecule has 0 amide bonds. The minimum Gasteiger partial charge on any atom is -0.378 e. The quantitative estimate of drug-likeness (QED) is 0.573. The van der Waals surface area contributed by atoms with Gasteiger partial charge in [-0.2, -0.15) is 5.10 Å². The van der Waals surface area contributed by atoms with Crippen molar-refractivity contribution in [2.75, 3.05) is 31.2 Å². The fourth-order valence-corrected chi connectivity index (χ4v) is 1.15. The summed E-state index contributed by atoms with van der Waals surface area (Å²) < 4.78 is 5.20. The number of ether oxygens (including phenoxy) is 1. The zero-order valence-corrected chi connectivity index (χ0v) is 6.68. The Kier molecular flexibility index (Phi) is 2.13. The molecular weight excluding hydrogens is 156 g/mol. The van der Waals surface area contributed by atoms with Crippen molar-refractivity contribution in [3.05, 3.63) is 12.4 Å². The van der Waals surface area contributed by atoms with Crippen LogP contribution in [0.2, 0.25) is 0 Å². The van der Waals surface area contributed by atoms with E-state index in [1.807, 2.05) is 0 Å². The molecule has 5 nitrogen and oxygen atoms in total. The third-order valence-corrected chi connectivity index (χ3v) is 1.76. The summed E-state index contributed by atoms with van der Waals surface area (Å²) in [5.74, 6) is 0.695. The number of hydrogen-bond acceptors (Lipinski definition) is 5. The molecule has 2 heterocycles. The highest BCUT2D eigenvalue weighted by Crippen LogP contribution is 2.05. The van der Waals surface area contributed by atoms with Crippen LogP contribution in [0.1, 0.15) is 0 Å². The molecular formula is C7H10N4O. The van der Waals surface area contributed by atoms with Crippen molar-refractivity contribution in [3.63, 3.8) is 0 Å². The summed E-state index contributed by atoms with van der Waals surface area (Å²) in [5.41, 5.74) is 0. The molecule has 1 aromatic heterocycles. The summed E-state index contributed by atoms with van der Waals surface area (Å²) in [7, 11) is 0. The summed E-state index contributed by atoms with van der Waals surface area (Å²) in [6.45, 7) is 3.20. The van der Waals surface area contributed by atoms with Crippen molar-refractivity contribution in [2.24, 2.45) is 0 Å². The highest BCUT2D eigenvalue weighted by molar-refractivity contribution is 5.26. The molecule has 2 rings (SSSR count). The largest absolute Gasteiger partial charge is 0.378 e. The lowest BCUT2D eigenvalue weighted by atomic mass is 10.4. The van der Waals surface area contributed by atoms with Gasteiger partial charge in [-0.05, 0) is 0 Å². The minimum atomic E-state index is 0.695. The molecule has 0 radical (unpaired) electrons. The fourth-order valence-electron chi connectivity index (χ4n) is 1.15. The van der Waals surface area contributed by atoms with E-state index < -0.39 is 0 Å². The molecule has 0 unspecified atom stereocenters. The SMILES string of the molecule is c1cnc(N2CCOCC2)nn1. The summed E-state index contributed by atoms with van der Waals surface area (Å²) in [6, 6.07) is 0. The molecule has 0 aromatic carbocycles. The Hall–Kier alpha value is -1.23. The van der Waals surface area contributed by atoms with Gasteiger partial charge in [-0.25, -0.2) is 4.98 Å². The van der Waals surface area contributed by atoms with Gasteiger partial charge in [0.15, 0.2) is 0 Å². The standard InChI is InChI=1S/C7H10N4O/c1-2-9-10-7(8-1)11-3-5-12-6-4-11/h1-2H,3-6H2. The van der Waals surface area contributed by atoms with Crippen molar-refractivity contribution < 1.29 is 4.74 Å². The van der Waals surface area contributed by atoms with Crippen LogP contribution in [0.3, 0.4) is 0 Å². The molecule has 1 fully saturated rings. The second kappa shape index (κ2) is 3.44. The van der Waals surface area contributed by atoms with E-state index >= 15 is 0 Å². The highest BCUT2D eigenvalue weighted by atomic mass is 16.5. The number of nitrogens with zero attached hydrogens (tertiary/aromatic N) is 4. The smallest absolute Gasteiger partial charge is 0.245 e. The van der Waals surface area contributed by atoms with Crippen molar-refractivity contribution in [3.8, 4) is 0 Å². The number of rotatable bonds is 1. The van der Waals surface area contributed by atoms with Crippen LogP contribution in [-0.4, -0.2) is 41.5 Å². The molecule has 1 aliphatic rings. The Morgan fingerprint density at radius 2 is 2.08 bits per heavy atom. The van der Waals surface area contributed by atoms with Gasteiger partial charge in [-0.1, -0.05) is 0 Å². The summed E-state index contributed by atoms with van der Waals surface area (Å²) >= 11 is 0. The average Bonchev–Trinajstić information content (AvgIpc) is 2.21. The first-order chi connectivity index (χ1) is 5.97. The third kappa shape index (κ3) is 1.50. The molecule has 0 atom stereocenters. The molecule has 0 aliphatic carbocycles. The van der Waals surface area contributed by atoms with Gasteiger partial charge in [0.2, 0.25) is 5.95 Å². The van der Waals surface area contributed by atoms with Crippen LogP contribution >= 0.6 is 0 Å². The van der Waals surface area contributed by atoms with Gasteiger partial charge in [0.25, 0.3) is 0 Å². The fraction of sp³-hybridized carbons (Fsp3) is 0.571. The molecule has 0 N–H and O–H groups in total.